The van der Waals surface area contributed by atoms with Crippen LogP contribution in [0.1, 0.15) is 13.8 Å². The first-order chi connectivity index (χ1) is 9.54. The molecule has 0 aliphatic carbocycles. The van der Waals surface area contributed by atoms with Gasteiger partial charge in [0.15, 0.2) is 0 Å². The number of carboxylic acids is 1. The fourth-order valence-electron chi connectivity index (χ4n) is 2.02. The summed E-state index contributed by atoms with van der Waals surface area (Å²) in [5.41, 5.74) is 0. The van der Waals surface area contributed by atoms with Crippen molar-refractivity contribution in [3.8, 4) is 0 Å². The molecule has 1 saturated heterocycles. The number of hydrogen-bond acceptors (Lipinski definition) is 4. The molecule has 0 aromatic carbocycles. The second kappa shape index (κ2) is 8.76. The maximum absolute atomic E-state index is 12.0. The topological polar surface area (TPSA) is 82.1 Å². The summed E-state index contributed by atoms with van der Waals surface area (Å²) in [7, 11) is 0. The number of nitrogens with one attached hydrogen (secondary N) is 1. The highest BCUT2D eigenvalue weighted by atomic mass is 16.5. The quantitative estimate of drug-likeness (QED) is 0.692. The Labute approximate surface area is 119 Å². The van der Waals surface area contributed by atoms with E-state index < -0.39 is 11.9 Å². The van der Waals surface area contributed by atoms with Crippen molar-refractivity contribution in [2.75, 3.05) is 52.5 Å². The van der Waals surface area contributed by atoms with E-state index in [9.17, 15) is 9.59 Å². The highest BCUT2D eigenvalue weighted by molar-refractivity contribution is 5.75. The number of amides is 2. The molecule has 0 spiro atoms. The Bertz CT molecular complexity index is 319. The lowest BCUT2D eigenvalue weighted by Crippen LogP contribution is -2.46. The largest absolute Gasteiger partial charge is 0.481 e. The number of ether oxygens (including phenoxy) is 1. The van der Waals surface area contributed by atoms with Crippen LogP contribution in [0.25, 0.3) is 0 Å². The van der Waals surface area contributed by atoms with Gasteiger partial charge in [0.25, 0.3) is 0 Å². The molecule has 20 heavy (non-hydrogen) atoms. The van der Waals surface area contributed by atoms with Crippen molar-refractivity contribution in [2.24, 2.45) is 5.92 Å². The van der Waals surface area contributed by atoms with E-state index in [1.165, 1.54) is 4.90 Å². The number of carbonyl (C=O) groups excluding carboxylic acids is 1. The second-order valence-corrected chi connectivity index (χ2v) is 4.96. The van der Waals surface area contributed by atoms with Crippen LogP contribution in [0.15, 0.2) is 0 Å². The molecule has 1 rings (SSSR count). The Kier molecular flexibility index (Phi) is 7.32. The number of carboxylic acid groups (broad SMARTS) is 1. The molecule has 7 heteroatoms. The van der Waals surface area contributed by atoms with Crippen LogP contribution in [0, 0.1) is 5.92 Å². The lowest BCUT2D eigenvalue weighted by molar-refractivity contribution is -0.141. The summed E-state index contributed by atoms with van der Waals surface area (Å²) >= 11 is 0. The van der Waals surface area contributed by atoms with Gasteiger partial charge in [-0.05, 0) is 6.92 Å². The van der Waals surface area contributed by atoms with Gasteiger partial charge < -0.3 is 20.1 Å². The minimum atomic E-state index is -0.885. The number of aliphatic carboxylic acids is 1. The van der Waals surface area contributed by atoms with Gasteiger partial charge in [-0.15, -0.1) is 0 Å². The van der Waals surface area contributed by atoms with Crippen molar-refractivity contribution in [1.29, 1.82) is 0 Å². The van der Waals surface area contributed by atoms with E-state index in [2.05, 4.69) is 10.2 Å². The van der Waals surface area contributed by atoms with Crippen LogP contribution in [0.5, 0.6) is 0 Å². The smallest absolute Gasteiger partial charge is 0.317 e. The van der Waals surface area contributed by atoms with Gasteiger partial charge in [-0.25, -0.2) is 4.79 Å². The van der Waals surface area contributed by atoms with Crippen molar-refractivity contribution in [3.05, 3.63) is 0 Å². The molecule has 1 fully saturated rings. The van der Waals surface area contributed by atoms with Gasteiger partial charge in [0.2, 0.25) is 0 Å². The molecular formula is C13H25N3O4. The summed E-state index contributed by atoms with van der Waals surface area (Å²) in [5, 5.41) is 11.7. The van der Waals surface area contributed by atoms with Gasteiger partial charge in [0.1, 0.15) is 0 Å². The van der Waals surface area contributed by atoms with Crippen molar-refractivity contribution in [3.63, 3.8) is 0 Å². The van der Waals surface area contributed by atoms with E-state index in [0.717, 1.165) is 32.8 Å². The van der Waals surface area contributed by atoms with Crippen LogP contribution in [0.4, 0.5) is 4.79 Å². The Hall–Kier alpha value is -1.34. The number of morpholine rings is 1. The summed E-state index contributed by atoms with van der Waals surface area (Å²) in [5.74, 6) is -1.44. The van der Waals surface area contributed by atoms with Gasteiger partial charge in [0, 0.05) is 39.3 Å². The molecule has 7 nitrogen and oxygen atoms in total. The summed E-state index contributed by atoms with van der Waals surface area (Å²) in [6.07, 6.45) is 0. The van der Waals surface area contributed by atoms with Crippen molar-refractivity contribution in [2.45, 2.75) is 13.8 Å². The first-order valence-corrected chi connectivity index (χ1v) is 7.10. The van der Waals surface area contributed by atoms with E-state index in [-0.39, 0.29) is 12.6 Å². The third kappa shape index (κ3) is 5.75. The highest BCUT2D eigenvalue weighted by Crippen LogP contribution is 2.01. The number of carbonyl (C=O) groups is 2. The van der Waals surface area contributed by atoms with Gasteiger partial charge in [-0.3, -0.25) is 9.69 Å². The van der Waals surface area contributed by atoms with Crippen LogP contribution in [0.2, 0.25) is 0 Å². The fraction of sp³-hybridized carbons (Fsp3) is 0.846. The minimum Gasteiger partial charge on any atom is -0.481 e. The molecule has 0 aromatic heterocycles. The van der Waals surface area contributed by atoms with Crippen LogP contribution in [-0.4, -0.2) is 79.4 Å². The summed E-state index contributed by atoms with van der Waals surface area (Å²) in [6.45, 7) is 8.80. The predicted octanol–water partition coefficient (Wildman–Crippen LogP) is 0.0708. The third-order valence-corrected chi connectivity index (χ3v) is 3.39. The lowest BCUT2D eigenvalue weighted by atomic mass is 10.2. The number of rotatable bonds is 7. The second-order valence-electron chi connectivity index (χ2n) is 4.96. The summed E-state index contributed by atoms with van der Waals surface area (Å²) in [6, 6.07) is -0.200. The minimum absolute atomic E-state index is 0.200. The molecule has 1 unspecified atom stereocenters. The Morgan fingerprint density at radius 3 is 2.60 bits per heavy atom. The molecule has 116 valence electrons. The van der Waals surface area contributed by atoms with Gasteiger partial charge in [-0.1, -0.05) is 6.92 Å². The molecule has 1 aliphatic rings. The fourth-order valence-corrected chi connectivity index (χ4v) is 2.02. The molecule has 0 aromatic rings. The van der Waals surface area contributed by atoms with E-state index in [4.69, 9.17) is 9.84 Å². The molecule has 1 atom stereocenters. The molecule has 2 amide bonds. The molecule has 2 N–H and O–H groups in total. The van der Waals surface area contributed by atoms with E-state index in [1.807, 2.05) is 6.92 Å². The third-order valence-electron chi connectivity index (χ3n) is 3.39. The van der Waals surface area contributed by atoms with E-state index >= 15 is 0 Å². The molecular weight excluding hydrogens is 262 g/mol. The van der Waals surface area contributed by atoms with Crippen LogP contribution >= 0.6 is 0 Å². The number of nitrogens with zero attached hydrogens (tertiary/aromatic N) is 2. The zero-order valence-corrected chi connectivity index (χ0v) is 12.3. The van der Waals surface area contributed by atoms with Gasteiger partial charge >= 0.3 is 12.0 Å². The molecule has 1 heterocycles. The molecule has 0 bridgehead atoms. The van der Waals surface area contributed by atoms with Crippen LogP contribution in [-0.2, 0) is 9.53 Å². The normalized spacial score (nSPS) is 17.5. The first kappa shape index (κ1) is 16.7. The summed E-state index contributed by atoms with van der Waals surface area (Å²) < 4.78 is 5.26. The van der Waals surface area contributed by atoms with Crippen LogP contribution < -0.4 is 5.32 Å². The standard InChI is InChI=1S/C13H25N3O4/c1-3-16(10-11(2)12(17)18)13(19)14-4-5-15-6-8-20-9-7-15/h11H,3-10H2,1-2H3,(H,14,19)(H,17,18). The average Bonchev–Trinajstić information content (AvgIpc) is 2.45. The predicted molar refractivity (Wildman–Crippen MR) is 74.7 cm³/mol. The van der Waals surface area contributed by atoms with E-state index in [1.54, 1.807) is 6.92 Å². The lowest BCUT2D eigenvalue weighted by Gasteiger charge is -2.27. The Morgan fingerprint density at radius 2 is 2.05 bits per heavy atom. The van der Waals surface area contributed by atoms with Crippen LogP contribution in [0.3, 0.4) is 0 Å². The van der Waals surface area contributed by atoms with Crippen molar-refractivity contribution >= 4 is 12.0 Å². The highest BCUT2D eigenvalue weighted by Gasteiger charge is 2.19. The van der Waals surface area contributed by atoms with Crippen molar-refractivity contribution < 1.29 is 19.4 Å². The Morgan fingerprint density at radius 1 is 1.40 bits per heavy atom. The first-order valence-electron chi connectivity index (χ1n) is 7.10. The number of urea groups is 1. The van der Waals surface area contributed by atoms with Gasteiger partial charge in [-0.2, -0.15) is 0 Å². The monoisotopic (exact) mass is 287 g/mol. The zero-order valence-electron chi connectivity index (χ0n) is 12.3. The van der Waals surface area contributed by atoms with Crippen molar-refractivity contribution in [1.82, 2.24) is 15.1 Å². The summed E-state index contributed by atoms with van der Waals surface area (Å²) in [4.78, 5) is 26.5. The SMILES string of the molecule is CCN(CC(C)C(=O)O)C(=O)NCCN1CCOCC1. The maximum Gasteiger partial charge on any atom is 0.317 e. The molecule has 0 saturated carbocycles. The molecule has 1 aliphatic heterocycles. The maximum atomic E-state index is 12.0. The number of hydrogen-bond donors (Lipinski definition) is 2. The van der Waals surface area contributed by atoms with E-state index in [0.29, 0.717) is 13.1 Å². The Balaban J connectivity index is 2.26. The zero-order chi connectivity index (χ0) is 15.0. The van der Waals surface area contributed by atoms with Gasteiger partial charge in [0.05, 0.1) is 19.1 Å². The average molecular weight is 287 g/mol. The molecule has 0 radical (unpaired) electrons.